The Bertz CT molecular complexity index is 231. The zero-order valence-electron chi connectivity index (χ0n) is 10.2. The van der Waals surface area contributed by atoms with Gasteiger partial charge in [0.1, 0.15) is 0 Å². The Labute approximate surface area is 106 Å². The monoisotopic (exact) mass is 291 g/mol. The molecule has 1 heterocycles. The Balaban J connectivity index is 2.23. The summed E-state index contributed by atoms with van der Waals surface area (Å²) < 4.78 is 5.62. The second-order valence-corrected chi connectivity index (χ2v) is 5.80. The Morgan fingerprint density at radius 2 is 2.25 bits per heavy atom. The second kappa shape index (κ2) is 6.60. The molecule has 1 unspecified atom stereocenters. The van der Waals surface area contributed by atoms with Crippen molar-refractivity contribution in [3.63, 3.8) is 0 Å². The maximum Gasteiger partial charge on any atom is 0.220 e. The molecular weight excluding hydrogens is 270 g/mol. The second-order valence-electron chi connectivity index (χ2n) is 5.01. The molecule has 1 fully saturated rings. The summed E-state index contributed by atoms with van der Waals surface area (Å²) in [6.07, 6.45) is 4.52. The summed E-state index contributed by atoms with van der Waals surface area (Å²) in [7, 11) is 0. The molecule has 4 heteroatoms. The van der Waals surface area contributed by atoms with Crippen LogP contribution in [0.1, 0.15) is 46.0 Å². The highest BCUT2D eigenvalue weighted by Crippen LogP contribution is 2.23. The van der Waals surface area contributed by atoms with Crippen molar-refractivity contribution < 1.29 is 9.53 Å². The molecule has 1 amide bonds. The Morgan fingerprint density at radius 3 is 2.88 bits per heavy atom. The van der Waals surface area contributed by atoms with Gasteiger partial charge in [0.05, 0.1) is 5.60 Å². The molecule has 1 aliphatic rings. The molecule has 0 saturated carbocycles. The van der Waals surface area contributed by atoms with Gasteiger partial charge in [-0.3, -0.25) is 4.79 Å². The van der Waals surface area contributed by atoms with Crippen LogP contribution in [0, 0.1) is 0 Å². The molecule has 0 bridgehead atoms. The van der Waals surface area contributed by atoms with Crippen LogP contribution in [0.5, 0.6) is 0 Å². The molecule has 0 aromatic rings. The number of carbonyl (C=O) groups is 1. The summed E-state index contributed by atoms with van der Waals surface area (Å²) in [4.78, 5) is 11.6. The van der Waals surface area contributed by atoms with Crippen molar-refractivity contribution in [2.45, 2.75) is 57.6 Å². The Kier molecular flexibility index (Phi) is 5.76. The van der Waals surface area contributed by atoms with Crippen molar-refractivity contribution in [3.05, 3.63) is 0 Å². The molecule has 0 aromatic heterocycles. The van der Waals surface area contributed by atoms with Crippen LogP contribution in [0.4, 0.5) is 0 Å². The third-order valence-corrected chi connectivity index (χ3v) is 3.41. The van der Waals surface area contributed by atoms with Crippen molar-refractivity contribution >= 4 is 21.8 Å². The number of alkyl halides is 1. The molecule has 1 N–H and O–H groups in total. The summed E-state index contributed by atoms with van der Waals surface area (Å²) in [5.74, 6) is 0.184. The van der Waals surface area contributed by atoms with Crippen LogP contribution in [-0.4, -0.2) is 29.5 Å². The first kappa shape index (κ1) is 14.0. The first-order chi connectivity index (χ1) is 7.53. The number of hydrogen-bond acceptors (Lipinski definition) is 2. The largest absolute Gasteiger partial charge is 0.375 e. The summed E-state index contributed by atoms with van der Waals surface area (Å²) in [6.45, 7) is 4.91. The summed E-state index contributed by atoms with van der Waals surface area (Å²) in [6, 6.07) is 0.292. The standard InChI is InChI=1S/C12H22BrNO2/c1-12(2)9-10(6-8-16-12)14-11(15)5-3-4-7-13/h10H,3-9H2,1-2H3,(H,14,15). The van der Waals surface area contributed by atoms with Crippen molar-refractivity contribution in [2.75, 3.05) is 11.9 Å². The molecule has 1 saturated heterocycles. The lowest BCUT2D eigenvalue weighted by molar-refractivity contribution is -0.124. The van der Waals surface area contributed by atoms with Crippen LogP contribution in [-0.2, 0) is 9.53 Å². The Morgan fingerprint density at radius 1 is 1.50 bits per heavy atom. The lowest BCUT2D eigenvalue weighted by Crippen LogP contribution is -2.45. The number of unbranched alkanes of at least 4 members (excludes halogenated alkanes) is 1. The van der Waals surface area contributed by atoms with Crippen LogP contribution in [0.3, 0.4) is 0 Å². The first-order valence-electron chi connectivity index (χ1n) is 6.03. The molecule has 94 valence electrons. The van der Waals surface area contributed by atoms with Gasteiger partial charge in [0.25, 0.3) is 0 Å². The SMILES string of the molecule is CC1(C)CC(NC(=O)CCCCBr)CCO1. The Hall–Kier alpha value is -0.0900. The lowest BCUT2D eigenvalue weighted by atomic mass is 9.94. The topological polar surface area (TPSA) is 38.3 Å². The smallest absolute Gasteiger partial charge is 0.220 e. The van der Waals surface area contributed by atoms with Crippen LogP contribution in [0.25, 0.3) is 0 Å². The van der Waals surface area contributed by atoms with Gasteiger partial charge >= 0.3 is 0 Å². The van der Waals surface area contributed by atoms with Gasteiger partial charge in [0.2, 0.25) is 5.91 Å². The van der Waals surface area contributed by atoms with Crippen molar-refractivity contribution in [1.82, 2.24) is 5.32 Å². The van der Waals surface area contributed by atoms with Gasteiger partial charge in [-0.2, -0.15) is 0 Å². The molecule has 1 aliphatic heterocycles. The third-order valence-electron chi connectivity index (χ3n) is 2.85. The molecular formula is C12H22BrNO2. The van der Waals surface area contributed by atoms with Crippen LogP contribution in [0.2, 0.25) is 0 Å². The minimum absolute atomic E-state index is 0.0912. The fourth-order valence-electron chi connectivity index (χ4n) is 2.03. The van der Waals surface area contributed by atoms with E-state index in [0.717, 1.165) is 37.6 Å². The number of halogens is 1. The van der Waals surface area contributed by atoms with Crippen molar-refractivity contribution in [1.29, 1.82) is 0 Å². The summed E-state index contributed by atoms with van der Waals surface area (Å²) in [5, 5.41) is 4.08. The summed E-state index contributed by atoms with van der Waals surface area (Å²) >= 11 is 3.36. The predicted octanol–water partition coefficient (Wildman–Crippen LogP) is 2.63. The molecule has 16 heavy (non-hydrogen) atoms. The maximum absolute atomic E-state index is 11.6. The highest BCUT2D eigenvalue weighted by Gasteiger charge is 2.29. The number of carbonyl (C=O) groups excluding carboxylic acids is 1. The summed E-state index contributed by atoms with van der Waals surface area (Å²) in [5.41, 5.74) is -0.0912. The number of amides is 1. The fourth-order valence-corrected chi connectivity index (χ4v) is 2.43. The van der Waals surface area contributed by atoms with E-state index in [1.54, 1.807) is 0 Å². The van der Waals surface area contributed by atoms with Crippen molar-refractivity contribution in [2.24, 2.45) is 0 Å². The van der Waals surface area contributed by atoms with Crippen LogP contribution >= 0.6 is 15.9 Å². The van der Waals surface area contributed by atoms with Gasteiger partial charge in [-0.25, -0.2) is 0 Å². The number of hydrogen-bond donors (Lipinski definition) is 1. The molecule has 0 radical (unpaired) electrons. The van der Waals surface area contributed by atoms with E-state index in [9.17, 15) is 4.79 Å². The molecule has 3 nitrogen and oxygen atoms in total. The highest BCUT2D eigenvalue weighted by molar-refractivity contribution is 9.09. The van der Waals surface area contributed by atoms with Crippen molar-refractivity contribution in [3.8, 4) is 0 Å². The van der Waals surface area contributed by atoms with Gasteiger partial charge in [-0.1, -0.05) is 15.9 Å². The molecule has 1 rings (SSSR count). The molecule has 0 aliphatic carbocycles. The fraction of sp³-hybridized carbons (Fsp3) is 0.917. The van der Waals surface area contributed by atoms with E-state index < -0.39 is 0 Å². The van der Waals surface area contributed by atoms with Gasteiger partial charge in [0.15, 0.2) is 0 Å². The third kappa shape index (κ3) is 5.30. The van der Waals surface area contributed by atoms with E-state index >= 15 is 0 Å². The van der Waals surface area contributed by atoms with Gasteiger partial charge in [-0.05, 0) is 39.5 Å². The average molecular weight is 292 g/mol. The first-order valence-corrected chi connectivity index (χ1v) is 7.15. The zero-order chi connectivity index (χ0) is 12.0. The number of nitrogens with one attached hydrogen (secondary N) is 1. The number of rotatable bonds is 5. The zero-order valence-corrected chi connectivity index (χ0v) is 11.8. The quantitative estimate of drug-likeness (QED) is 0.625. The van der Waals surface area contributed by atoms with E-state index in [0.29, 0.717) is 12.5 Å². The minimum atomic E-state index is -0.0912. The molecule has 0 spiro atoms. The molecule has 0 aromatic carbocycles. The van der Waals surface area contributed by atoms with E-state index in [-0.39, 0.29) is 11.5 Å². The van der Waals surface area contributed by atoms with E-state index in [1.807, 2.05) is 0 Å². The average Bonchev–Trinajstić information content (AvgIpc) is 2.16. The van der Waals surface area contributed by atoms with Gasteiger partial charge < -0.3 is 10.1 Å². The minimum Gasteiger partial charge on any atom is -0.375 e. The lowest BCUT2D eigenvalue weighted by Gasteiger charge is -2.35. The molecule has 1 atom stereocenters. The predicted molar refractivity (Wildman–Crippen MR) is 68.8 cm³/mol. The van der Waals surface area contributed by atoms with E-state index in [4.69, 9.17) is 4.74 Å². The highest BCUT2D eigenvalue weighted by atomic mass is 79.9. The van der Waals surface area contributed by atoms with E-state index in [1.165, 1.54) is 0 Å². The van der Waals surface area contributed by atoms with E-state index in [2.05, 4.69) is 35.1 Å². The normalized spacial score (nSPS) is 24.1. The van der Waals surface area contributed by atoms with Crippen LogP contribution < -0.4 is 5.32 Å². The van der Waals surface area contributed by atoms with Crippen LogP contribution in [0.15, 0.2) is 0 Å². The van der Waals surface area contributed by atoms with Gasteiger partial charge in [0, 0.05) is 24.4 Å². The number of ether oxygens (including phenoxy) is 1. The van der Waals surface area contributed by atoms with Gasteiger partial charge in [-0.15, -0.1) is 0 Å². The maximum atomic E-state index is 11.6.